The zero-order valence-electron chi connectivity index (χ0n) is 11.0. The molecular weight excluding hydrogens is 226 g/mol. The molecule has 0 saturated heterocycles. The third-order valence-electron chi connectivity index (χ3n) is 3.45. The molecule has 0 aromatic carbocycles. The minimum Gasteiger partial charge on any atom is -0.391 e. The maximum Gasteiger partial charge on any atom is 0.0741 e. The molecule has 0 radical (unpaired) electrons. The summed E-state index contributed by atoms with van der Waals surface area (Å²) in [6.07, 6.45) is 8.88. The summed E-state index contributed by atoms with van der Waals surface area (Å²) >= 11 is 0. The van der Waals surface area contributed by atoms with E-state index in [1.54, 1.807) is 0 Å². The van der Waals surface area contributed by atoms with Gasteiger partial charge in [-0.15, -0.1) is 0 Å². The molecule has 18 heavy (non-hydrogen) atoms. The van der Waals surface area contributed by atoms with Crippen molar-refractivity contribution in [2.75, 3.05) is 17.2 Å². The largest absolute Gasteiger partial charge is 0.391 e. The van der Waals surface area contributed by atoms with Crippen LogP contribution in [-0.4, -0.2) is 28.8 Å². The van der Waals surface area contributed by atoms with Crippen molar-refractivity contribution in [1.29, 1.82) is 0 Å². The van der Waals surface area contributed by atoms with Gasteiger partial charge in [0.25, 0.3) is 0 Å². The molecule has 1 aromatic rings. The number of nitrogens with zero attached hydrogens (tertiary/aromatic N) is 1. The summed E-state index contributed by atoms with van der Waals surface area (Å²) in [5.74, 6) is 0. The van der Waals surface area contributed by atoms with Gasteiger partial charge >= 0.3 is 0 Å². The Morgan fingerprint density at radius 2 is 2.00 bits per heavy atom. The maximum atomic E-state index is 10.1. The number of aromatic nitrogens is 1. The van der Waals surface area contributed by atoms with Gasteiger partial charge in [0.1, 0.15) is 0 Å². The highest BCUT2D eigenvalue weighted by Gasteiger charge is 2.21. The van der Waals surface area contributed by atoms with E-state index in [9.17, 15) is 5.11 Å². The Bertz CT molecular complexity index is 370. The zero-order valence-corrected chi connectivity index (χ0v) is 11.0. The van der Waals surface area contributed by atoms with Crippen molar-refractivity contribution in [3.05, 3.63) is 18.5 Å². The number of aliphatic hydroxyl groups is 1. The van der Waals surface area contributed by atoms with Crippen molar-refractivity contribution in [2.45, 2.75) is 51.2 Å². The van der Waals surface area contributed by atoms with Gasteiger partial charge in [-0.25, -0.2) is 0 Å². The van der Waals surface area contributed by atoms with Crippen molar-refractivity contribution in [3.63, 3.8) is 0 Å². The topological polar surface area (TPSA) is 57.2 Å². The first kappa shape index (κ1) is 13.1. The molecule has 1 aliphatic rings. The normalized spacial score (nSPS) is 24.3. The average Bonchev–Trinajstić information content (AvgIpc) is 2.56. The van der Waals surface area contributed by atoms with Gasteiger partial charge in [-0.1, -0.05) is 19.3 Å². The Morgan fingerprint density at radius 1 is 1.22 bits per heavy atom. The highest BCUT2D eigenvalue weighted by Crippen LogP contribution is 2.22. The van der Waals surface area contributed by atoms with E-state index in [0.29, 0.717) is 0 Å². The van der Waals surface area contributed by atoms with Gasteiger partial charge in [-0.2, -0.15) is 0 Å². The lowest BCUT2D eigenvalue weighted by atomic mass is 10.1. The molecule has 0 aliphatic heterocycles. The maximum absolute atomic E-state index is 10.1. The zero-order chi connectivity index (χ0) is 12.8. The minimum absolute atomic E-state index is 0.158. The van der Waals surface area contributed by atoms with E-state index in [-0.39, 0.29) is 12.1 Å². The Labute approximate surface area is 109 Å². The van der Waals surface area contributed by atoms with Crippen LogP contribution in [0.4, 0.5) is 11.4 Å². The van der Waals surface area contributed by atoms with Crippen LogP contribution >= 0.6 is 0 Å². The Balaban J connectivity index is 2.00. The summed E-state index contributed by atoms with van der Waals surface area (Å²) in [5.41, 5.74) is 2.00. The Hall–Kier alpha value is -1.29. The lowest BCUT2D eigenvalue weighted by Gasteiger charge is -2.23. The van der Waals surface area contributed by atoms with Crippen LogP contribution in [0.5, 0.6) is 0 Å². The minimum atomic E-state index is -0.240. The van der Waals surface area contributed by atoms with Gasteiger partial charge in [0.15, 0.2) is 0 Å². The van der Waals surface area contributed by atoms with Crippen LogP contribution in [0.2, 0.25) is 0 Å². The number of pyridine rings is 1. The number of hydrogen-bond acceptors (Lipinski definition) is 4. The average molecular weight is 249 g/mol. The summed E-state index contributed by atoms with van der Waals surface area (Å²) in [6.45, 7) is 2.95. The van der Waals surface area contributed by atoms with Crippen LogP contribution in [0, 0.1) is 0 Å². The molecule has 4 heteroatoms. The second-order valence-electron chi connectivity index (χ2n) is 4.95. The molecule has 3 N–H and O–H groups in total. The predicted molar refractivity (Wildman–Crippen MR) is 74.9 cm³/mol. The third kappa shape index (κ3) is 3.60. The van der Waals surface area contributed by atoms with Crippen molar-refractivity contribution >= 4 is 11.4 Å². The van der Waals surface area contributed by atoms with Crippen LogP contribution in [-0.2, 0) is 0 Å². The summed E-state index contributed by atoms with van der Waals surface area (Å²) in [6, 6.07) is 2.21. The smallest absolute Gasteiger partial charge is 0.0741 e. The highest BCUT2D eigenvalue weighted by atomic mass is 16.3. The molecule has 0 spiro atoms. The van der Waals surface area contributed by atoms with Gasteiger partial charge in [0.2, 0.25) is 0 Å². The number of rotatable bonds is 4. The number of hydrogen-bond donors (Lipinski definition) is 3. The van der Waals surface area contributed by atoms with E-state index in [1.807, 2.05) is 18.5 Å². The third-order valence-corrected chi connectivity index (χ3v) is 3.45. The lowest BCUT2D eigenvalue weighted by Crippen LogP contribution is -2.32. The van der Waals surface area contributed by atoms with Crippen LogP contribution in [0.3, 0.4) is 0 Å². The first-order valence-corrected chi connectivity index (χ1v) is 6.93. The van der Waals surface area contributed by atoms with E-state index in [1.165, 1.54) is 12.8 Å². The molecule has 2 rings (SSSR count). The van der Waals surface area contributed by atoms with Crippen molar-refractivity contribution < 1.29 is 5.11 Å². The Morgan fingerprint density at radius 3 is 2.83 bits per heavy atom. The molecule has 0 bridgehead atoms. The number of nitrogens with one attached hydrogen (secondary N) is 2. The predicted octanol–water partition coefficient (Wildman–Crippen LogP) is 2.62. The molecule has 1 fully saturated rings. The van der Waals surface area contributed by atoms with Crippen LogP contribution in [0.1, 0.15) is 39.0 Å². The molecule has 0 amide bonds. The fourth-order valence-corrected chi connectivity index (χ4v) is 2.49. The molecule has 4 nitrogen and oxygen atoms in total. The quantitative estimate of drug-likeness (QED) is 0.718. The van der Waals surface area contributed by atoms with Gasteiger partial charge in [0.05, 0.1) is 35.9 Å². The summed E-state index contributed by atoms with van der Waals surface area (Å²) in [4.78, 5) is 4.21. The van der Waals surface area contributed by atoms with E-state index in [0.717, 1.165) is 37.2 Å². The lowest BCUT2D eigenvalue weighted by molar-refractivity contribution is 0.144. The van der Waals surface area contributed by atoms with Crippen LogP contribution in [0.15, 0.2) is 18.5 Å². The SMILES string of the molecule is CCNc1cncc(NC2CCCCCC2O)c1. The molecule has 2 atom stereocenters. The molecule has 2 unspecified atom stereocenters. The fraction of sp³-hybridized carbons (Fsp3) is 0.643. The van der Waals surface area contributed by atoms with Crippen LogP contribution < -0.4 is 10.6 Å². The fourth-order valence-electron chi connectivity index (χ4n) is 2.49. The Kier molecular flexibility index (Phi) is 4.81. The molecule has 1 saturated carbocycles. The summed E-state index contributed by atoms with van der Waals surface area (Å²) in [5, 5.41) is 16.7. The van der Waals surface area contributed by atoms with Gasteiger partial charge in [-0.05, 0) is 25.8 Å². The monoisotopic (exact) mass is 249 g/mol. The summed E-state index contributed by atoms with van der Waals surface area (Å²) < 4.78 is 0. The number of anilines is 2. The van der Waals surface area contributed by atoms with Crippen molar-refractivity contribution in [1.82, 2.24) is 4.98 Å². The molecular formula is C14H23N3O. The number of aliphatic hydroxyl groups excluding tert-OH is 1. The van der Waals surface area contributed by atoms with Gasteiger partial charge < -0.3 is 15.7 Å². The molecule has 1 aromatic heterocycles. The van der Waals surface area contributed by atoms with E-state index >= 15 is 0 Å². The van der Waals surface area contributed by atoms with E-state index in [2.05, 4.69) is 22.5 Å². The first-order chi connectivity index (χ1) is 8.79. The first-order valence-electron chi connectivity index (χ1n) is 6.93. The van der Waals surface area contributed by atoms with Gasteiger partial charge in [-0.3, -0.25) is 4.98 Å². The molecule has 100 valence electrons. The molecule has 1 aliphatic carbocycles. The van der Waals surface area contributed by atoms with Crippen molar-refractivity contribution in [3.8, 4) is 0 Å². The van der Waals surface area contributed by atoms with E-state index in [4.69, 9.17) is 0 Å². The second kappa shape index (κ2) is 6.59. The van der Waals surface area contributed by atoms with Crippen LogP contribution in [0.25, 0.3) is 0 Å². The van der Waals surface area contributed by atoms with Gasteiger partial charge in [0, 0.05) is 6.54 Å². The van der Waals surface area contributed by atoms with Crippen molar-refractivity contribution in [2.24, 2.45) is 0 Å². The molecule has 1 heterocycles. The highest BCUT2D eigenvalue weighted by molar-refractivity contribution is 5.54. The second-order valence-corrected chi connectivity index (χ2v) is 4.95. The standard InChI is InChI=1S/C14H23N3O/c1-2-16-11-8-12(10-15-9-11)17-13-6-4-3-5-7-14(13)18/h8-10,13-14,16-18H,2-7H2,1H3. The summed E-state index contributed by atoms with van der Waals surface area (Å²) in [7, 11) is 0. The van der Waals surface area contributed by atoms with E-state index < -0.39 is 0 Å².